The number of non-ortho nitro benzene ring substituents is 1. The second-order valence-corrected chi connectivity index (χ2v) is 6.66. The zero-order chi connectivity index (χ0) is 17.8. The smallest absolute Gasteiger partial charge is 0.269 e. The number of carbonyl (C=O) groups excluding carboxylic acids is 1. The van der Waals surface area contributed by atoms with Gasteiger partial charge in [-0.15, -0.1) is 0 Å². The van der Waals surface area contributed by atoms with Crippen LogP contribution in [0.5, 0.6) is 0 Å². The second-order valence-electron chi connectivity index (χ2n) is 6.66. The van der Waals surface area contributed by atoms with E-state index in [0.717, 1.165) is 36.1 Å². The zero-order valence-electron chi connectivity index (χ0n) is 14.3. The minimum atomic E-state index is -0.394. The quantitative estimate of drug-likeness (QED) is 0.627. The molecule has 0 bridgehead atoms. The topological polar surface area (TPSA) is 72.2 Å². The Morgan fingerprint density at radius 3 is 2.60 bits per heavy atom. The number of ketones is 1. The van der Waals surface area contributed by atoms with Crippen LogP contribution in [-0.4, -0.2) is 10.7 Å². The van der Waals surface area contributed by atoms with Gasteiger partial charge in [0, 0.05) is 30.2 Å². The third-order valence-corrected chi connectivity index (χ3v) is 4.82. The Bertz CT molecular complexity index is 771. The molecule has 0 spiro atoms. The fourth-order valence-electron chi connectivity index (χ4n) is 3.44. The van der Waals surface area contributed by atoms with Crippen molar-refractivity contribution in [3.8, 4) is 0 Å². The van der Waals surface area contributed by atoms with Gasteiger partial charge in [0.25, 0.3) is 5.69 Å². The van der Waals surface area contributed by atoms with Crippen LogP contribution in [0.25, 0.3) is 0 Å². The molecule has 2 aromatic rings. The molecule has 1 saturated carbocycles. The third kappa shape index (κ3) is 4.05. The van der Waals surface area contributed by atoms with Gasteiger partial charge in [-0.2, -0.15) is 0 Å². The van der Waals surface area contributed by atoms with E-state index in [4.69, 9.17) is 0 Å². The highest BCUT2D eigenvalue weighted by Crippen LogP contribution is 2.36. The Balaban J connectivity index is 1.96. The van der Waals surface area contributed by atoms with Crippen molar-refractivity contribution < 1.29 is 9.72 Å². The molecule has 3 rings (SSSR count). The number of hydrogen-bond donors (Lipinski definition) is 1. The number of aryl methyl sites for hydroxylation is 1. The molecule has 1 fully saturated rings. The lowest BCUT2D eigenvalue weighted by atomic mass is 9.80. The highest BCUT2D eigenvalue weighted by molar-refractivity contribution is 5.83. The minimum Gasteiger partial charge on any atom is -0.378 e. The third-order valence-electron chi connectivity index (χ3n) is 4.82. The number of carbonyl (C=O) groups is 1. The molecule has 2 unspecified atom stereocenters. The zero-order valence-corrected chi connectivity index (χ0v) is 14.3. The van der Waals surface area contributed by atoms with E-state index in [0.29, 0.717) is 6.42 Å². The van der Waals surface area contributed by atoms with Gasteiger partial charge in [-0.1, -0.05) is 36.2 Å². The summed E-state index contributed by atoms with van der Waals surface area (Å²) in [7, 11) is 0. The molecule has 0 saturated heterocycles. The molecular weight excluding hydrogens is 316 g/mol. The molecule has 1 N–H and O–H groups in total. The first-order chi connectivity index (χ1) is 12.0. The van der Waals surface area contributed by atoms with E-state index < -0.39 is 4.92 Å². The van der Waals surface area contributed by atoms with E-state index in [-0.39, 0.29) is 23.4 Å². The highest BCUT2D eigenvalue weighted by Gasteiger charge is 2.32. The van der Waals surface area contributed by atoms with E-state index in [2.05, 4.69) is 5.32 Å². The Morgan fingerprint density at radius 2 is 1.92 bits per heavy atom. The van der Waals surface area contributed by atoms with E-state index >= 15 is 0 Å². The van der Waals surface area contributed by atoms with E-state index in [1.807, 2.05) is 37.3 Å². The molecular formula is C20H22N2O3. The molecule has 130 valence electrons. The standard InChI is InChI=1S/C20H22N2O3/c1-14-9-11-16(12-10-14)21-20(18-7-2-3-8-19(18)23)15-5-4-6-17(13-15)22(24)25/h4-6,9-13,18,20-21H,2-3,7-8H2,1H3. The Kier molecular flexibility index (Phi) is 5.12. The minimum absolute atomic E-state index is 0.0523. The van der Waals surface area contributed by atoms with Crippen molar-refractivity contribution >= 4 is 17.2 Å². The molecule has 2 atom stereocenters. The first kappa shape index (κ1) is 17.1. The number of rotatable bonds is 5. The number of hydrogen-bond acceptors (Lipinski definition) is 4. The Labute approximate surface area is 147 Å². The summed E-state index contributed by atoms with van der Waals surface area (Å²) in [4.78, 5) is 23.2. The summed E-state index contributed by atoms with van der Waals surface area (Å²) < 4.78 is 0. The first-order valence-corrected chi connectivity index (χ1v) is 8.65. The van der Waals surface area contributed by atoms with Gasteiger partial charge in [-0.25, -0.2) is 0 Å². The molecule has 5 heteroatoms. The molecule has 0 aliphatic heterocycles. The highest BCUT2D eigenvalue weighted by atomic mass is 16.6. The van der Waals surface area contributed by atoms with Gasteiger partial charge >= 0.3 is 0 Å². The number of benzene rings is 2. The molecule has 1 aliphatic rings. The lowest BCUT2D eigenvalue weighted by Gasteiger charge is -2.31. The van der Waals surface area contributed by atoms with Gasteiger partial charge in [0.05, 0.1) is 11.0 Å². The monoisotopic (exact) mass is 338 g/mol. The number of nitrogens with one attached hydrogen (secondary N) is 1. The molecule has 5 nitrogen and oxygen atoms in total. The second kappa shape index (κ2) is 7.47. The summed E-state index contributed by atoms with van der Waals surface area (Å²) in [6.45, 7) is 2.02. The van der Waals surface area contributed by atoms with Crippen molar-refractivity contribution in [2.75, 3.05) is 5.32 Å². The lowest BCUT2D eigenvalue weighted by Crippen LogP contribution is -2.30. The summed E-state index contributed by atoms with van der Waals surface area (Å²) >= 11 is 0. The predicted molar refractivity (Wildman–Crippen MR) is 97.6 cm³/mol. The fraction of sp³-hybridized carbons (Fsp3) is 0.350. The average Bonchev–Trinajstić information content (AvgIpc) is 2.62. The van der Waals surface area contributed by atoms with Crippen molar-refractivity contribution in [1.82, 2.24) is 0 Å². The maximum atomic E-state index is 12.5. The van der Waals surface area contributed by atoms with Crippen LogP contribution >= 0.6 is 0 Å². The van der Waals surface area contributed by atoms with Crippen molar-refractivity contribution in [2.24, 2.45) is 5.92 Å². The summed E-state index contributed by atoms with van der Waals surface area (Å²) in [6.07, 6.45) is 3.34. The molecule has 0 aromatic heterocycles. The summed E-state index contributed by atoms with van der Waals surface area (Å²) in [6, 6.07) is 14.3. The van der Waals surface area contributed by atoms with Gasteiger partial charge in [-0.3, -0.25) is 14.9 Å². The van der Waals surface area contributed by atoms with Gasteiger partial charge in [-0.05, 0) is 37.5 Å². The fourth-order valence-corrected chi connectivity index (χ4v) is 3.44. The largest absolute Gasteiger partial charge is 0.378 e. The average molecular weight is 338 g/mol. The van der Waals surface area contributed by atoms with Gasteiger partial charge in [0.1, 0.15) is 5.78 Å². The predicted octanol–water partition coefficient (Wildman–Crippen LogP) is 4.82. The molecule has 1 aliphatic carbocycles. The van der Waals surface area contributed by atoms with Crippen LogP contribution in [0.15, 0.2) is 48.5 Å². The molecule has 0 amide bonds. The SMILES string of the molecule is Cc1ccc(NC(c2cccc([N+](=O)[O-])c2)C2CCCCC2=O)cc1. The molecule has 2 aromatic carbocycles. The molecule has 25 heavy (non-hydrogen) atoms. The van der Waals surface area contributed by atoms with Crippen LogP contribution in [0.2, 0.25) is 0 Å². The van der Waals surface area contributed by atoms with Crippen molar-refractivity contribution in [3.05, 3.63) is 69.8 Å². The lowest BCUT2D eigenvalue weighted by molar-refractivity contribution is -0.384. The number of nitrogens with zero attached hydrogens (tertiary/aromatic N) is 1. The summed E-state index contributed by atoms with van der Waals surface area (Å²) in [5, 5.41) is 14.6. The molecule has 0 radical (unpaired) electrons. The van der Waals surface area contributed by atoms with Crippen molar-refractivity contribution in [2.45, 2.75) is 38.6 Å². The van der Waals surface area contributed by atoms with Crippen LogP contribution in [0.3, 0.4) is 0 Å². The Morgan fingerprint density at radius 1 is 1.16 bits per heavy atom. The van der Waals surface area contributed by atoms with Crippen molar-refractivity contribution in [1.29, 1.82) is 0 Å². The Hall–Kier alpha value is -2.69. The maximum absolute atomic E-state index is 12.5. The van der Waals surface area contributed by atoms with Crippen LogP contribution in [0.1, 0.15) is 42.9 Å². The van der Waals surface area contributed by atoms with E-state index in [1.54, 1.807) is 12.1 Å². The molecule has 0 heterocycles. The normalized spacial score (nSPS) is 18.6. The van der Waals surface area contributed by atoms with Crippen molar-refractivity contribution in [3.63, 3.8) is 0 Å². The number of anilines is 1. The van der Waals surface area contributed by atoms with Crippen LogP contribution in [0, 0.1) is 23.0 Å². The van der Waals surface area contributed by atoms with E-state index in [1.165, 1.54) is 6.07 Å². The summed E-state index contributed by atoms with van der Waals surface area (Å²) in [5.74, 6) is 0.0828. The maximum Gasteiger partial charge on any atom is 0.269 e. The number of nitro benzene ring substituents is 1. The van der Waals surface area contributed by atoms with Crippen LogP contribution in [0.4, 0.5) is 11.4 Å². The number of Topliss-reactive ketones (excluding diaryl/α,β-unsaturated/α-hetero) is 1. The van der Waals surface area contributed by atoms with Gasteiger partial charge in [0.15, 0.2) is 0 Å². The van der Waals surface area contributed by atoms with E-state index in [9.17, 15) is 14.9 Å². The summed E-state index contributed by atoms with van der Waals surface area (Å²) in [5.41, 5.74) is 2.91. The first-order valence-electron chi connectivity index (χ1n) is 8.65. The van der Waals surface area contributed by atoms with Crippen LogP contribution < -0.4 is 5.32 Å². The van der Waals surface area contributed by atoms with Gasteiger partial charge < -0.3 is 5.32 Å². The van der Waals surface area contributed by atoms with Gasteiger partial charge in [0.2, 0.25) is 0 Å². The number of nitro groups is 1. The van der Waals surface area contributed by atoms with Crippen LogP contribution in [-0.2, 0) is 4.79 Å².